The first-order valence-corrected chi connectivity index (χ1v) is 9.94. The number of carbonyl (C=O) groups is 2. The van der Waals surface area contributed by atoms with Crippen LogP contribution in [0.3, 0.4) is 0 Å². The summed E-state index contributed by atoms with van der Waals surface area (Å²) < 4.78 is 70.0. The Labute approximate surface area is 170 Å². The SMILES string of the molecule is NC(=O)CCOc1ccccc1NC(=O)CNS(=O)(=O)c1cccc(C(F)(F)F)c1. The molecule has 0 spiro atoms. The number of rotatable bonds is 9. The van der Waals surface area contributed by atoms with Crippen molar-refractivity contribution in [1.29, 1.82) is 0 Å². The summed E-state index contributed by atoms with van der Waals surface area (Å²) in [6.45, 7) is -0.751. The van der Waals surface area contributed by atoms with E-state index in [1.54, 1.807) is 12.1 Å². The van der Waals surface area contributed by atoms with Crippen LogP contribution in [0, 0.1) is 0 Å². The Hall–Kier alpha value is -3.12. The van der Waals surface area contributed by atoms with Gasteiger partial charge in [-0.2, -0.15) is 13.2 Å². The van der Waals surface area contributed by atoms with Crippen LogP contribution in [0.2, 0.25) is 0 Å². The zero-order chi connectivity index (χ0) is 22.4. The molecule has 2 amide bonds. The number of hydrogen-bond donors (Lipinski definition) is 3. The largest absolute Gasteiger partial charge is 0.491 e. The van der Waals surface area contributed by atoms with Crippen molar-refractivity contribution in [1.82, 2.24) is 4.72 Å². The fourth-order valence-corrected chi connectivity index (χ4v) is 3.26. The number of ether oxygens (including phenoxy) is 1. The molecule has 0 heterocycles. The first-order chi connectivity index (χ1) is 14.0. The molecule has 0 fully saturated rings. The number of halogens is 3. The molecule has 0 aliphatic rings. The second-order valence-corrected chi connectivity index (χ2v) is 7.73. The first kappa shape index (κ1) is 23.2. The van der Waals surface area contributed by atoms with Gasteiger partial charge in [0.1, 0.15) is 5.75 Å². The van der Waals surface area contributed by atoms with Gasteiger partial charge in [0.15, 0.2) is 0 Å². The third kappa shape index (κ3) is 6.74. The molecule has 0 unspecified atom stereocenters. The lowest BCUT2D eigenvalue weighted by atomic mass is 10.2. The Kier molecular flexibility index (Phi) is 7.40. The molecule has 0 atom stereocenters. The number of nitrogens with one attached hydrogen (secondary N) is 2. The van der Waals surface area contributed by atoms with Gasteiger partial charge >= 0.3 is 6.18 Å². The van der Waals surface area contributed by atoms with Crippen molar-refractivity contribution in [2.24, 2.45) is 5.73 Å². The molecule has 0 aromatic heterocycles. The Morgan fingerprint density at radius 2 is 1.77 bits per heavy atom. The highest BCUT2D eigenvalue weighted by Gasteiger charge is 2.31. The van der Waals surface area contributed by atoms with Gasteiger partial charge in [-0.3, -0.25) is 9.59 Å². The number of alkyl halides is 3. The van der Waals surface area contributed by atoms with Crippen molar-refractivity contribution >= 4 is 27.5 Å². The predicted octanol–water partition coefficient (Wildman–Crippen LogP) is 1.88. The van der Waals surface area contributed by atoms with Gasteiger partial charge in [-0.05, 0) is 30.3 Å². The smallest absolute Gasteiger partial charge is 0.416 e. The maximum absolute atomic E-state index is 12.8. The molecule has 12 heteroatoms. The third-order valence-electron chi connectivity index (χ3n) is 3.66. The van der Waals surface area contributed by atoms with Gasteiger partial charge in [-0.25, -0.2) is 13.1 Å². The van der Waals surface area contributed by atoms with E-state index in [0.717, 1.165) is 18.2 Å². The van der Waals surface area contributed by atoms with Gasteiger partial charge in [0.2, 0.25) is 21.8 Å². The van der Waals surface area contributed by atoms with Crippen LogP contribution in [0.1, 0.15) is 12.0 Å². The minimum absolute atomic E-state index is 0.0234. The molecule has 0 saturated heterocycles. The zero-order valence-corrected chi connectivity index (χ0v) is 16.2. The second-order valence-electron chi connectivity index (χ2n) is 5.96. The van der Waals surface area contributed by atoms with E-state index in [-0.39, 0.29) is 24.5 Å². The normalized spacial score (nSPS) is 11.7. The summed E-state index contributed by atoms with van der Waals surface area (Å²) in [6, 6.07) is 9.36. The topological polar surface area (TPSA) is 128 Å². The van der Waals surface area contributed by atoms with E-state index in [9.17, 15) is 31.2 Å². The second kappa shape index (κ2) is 9.59. The van der Waals surface area contributed by atoms with Crippen molar-refractivity contribution in [2.75, 3.05) is 18.5 Å². The number of hydrogen-bond acceptors (Lipinski definition) is 5. The highest BCUT2D eigenvalue weighted by atomic mass is 32.2. The number of para-hydroxylation sites is 2. The van der Waals surface area contributed by atoms with E-state index < -0.39 is 45.0 Å². The summed E-state index contributed by atoms with van der Waals surface area (Å²) >= 11 is 0. The van der Waals surface area contributed by atoms with Crippen molar-refractivity contribution in [3.63, 3.8) is 0 Å². The highest BCUT2D eigenvalue weighted by Crippen LogP contribution is 2.30. The lowest BCUT2D eigenvalue weighted by Crippen LogP contribution is -2.33. The van der Waals surface area contributed by atoms with E-state index >= 15 is 0 Å². The molecule has 162 valence electrons. The van der Waals surface area contributed by atoms with E-state index in [1.807, 2.05) is 4.72 Å². The fourth-order valence-electron chi connectivity index (χ4n) is 2.24. The summed E-state index contributed by atoms with van der Waals surface area (Å²) in [5, 5.41) is 2.42. The summed E-state index contributed by atoms with van der Waals surface area (Å²) in [5.74, 6) is -1.12. The zero-order valence-electron chi connectivity index (χ0n) is 15.4. The number of sulfonamides is 1. The number of benzene rings is 2. The van der Waals surface area contributed by atoms with Crippen molar-refractivity contribution in [2.45, 2.75) is 17.5 Å². The van der Waals surface area contributed by atoms with Crippen LogP contribution in [0.4, 0.5) is 18.9 Å². The number of amides is 2. The lowest BCUT2D eigenvalue weighted by molar-refractivity contribution is -0.137. The van der Waals surface area contributed by atoms with Crippen molar-refractivity contribution in [3.05, 3.63) is 54.1 Å². The van der Waals surface area contributed by atoms with Crippen molar-refractivity contribution < 1.29 is 35.9 Å². The van der Waals surface area contributed by atoms with Crippen LogP contribution in [0.5, 0.6) is 5.75 Å². The van der Waals surface area contributed by atoms with Crippen molar-refractivity contribution in [3.8, 4) is 5.75 Å². The van der Waals surface area contributed by atoms with E-state index in [1.165, 1.54) is 12.1 Å². The van der Waals surface area contributed by atoms with Gasteiger partial charge in [-0.15, -0.1) is 0 Å². The Morgan fingerprint density at radius 1 is 1.07 bits per heavy atom. The molecule has 2 aromatic carbocycles. The number of carbonyl (C=O) groups excluding carboxylic acids is 2. The summed E-state index contributed by atoms with van der Waals surface area (Å²) in [6.07, 6.45) is -4.75. The Balaban J connectivity index is 2.02. The number of primary amides is 1. The van der Waals surface area contributed by atoms with Crippen LogP contribution >= 0.6 is 0 Å². The maximum Gasteiger partial charge on any atom is 0.416 e. The summed E-state index contributed by atoms with van der Waals surface area (Å²) in [5.41, 5.74) is 4.11. The maximum atomic E-state index is 12.8. The minimum atomic E-state index is -4.71. The molecule has 0 bridgehead atoms. The molecule has 4 N–H and O–H groups in total. The molecule has 2 aromatic rings. The van der Waals surface area contributed by atoms with Crippen LogP contribution in [0.25, 0.3) is 0 Å². The Bertz CT molecular complexity index is 1030. The highest BCUT2D eigenvalue weighted by molar-refractivity contribution is 7.89. The molecular weight excluding hydrogens is 427 g/mol. The van der Waals surface area contributed by atoms with Gasteiger partial charge in [0, 0.05) is 0 Å². The predicted molar refractivity (Wildman–Crippen MR) is 101 cm³/mol. The average Bonchev–Trinajstić information content (AvgIpc) is 2.67. The fraction of sp³-hybridized carbons (Fsp3) is 0.222. The van der Waals surface area contributed by atoms with E-state index in [4.69, 9.17) is 10.5 Å². The first-order valence-electron chi connectivity index (χ1n) is 8.46. The summed E-state index contributed by atoms with van der Waals surface area (Å²) in [7, 11) is -4.36. The van der Waals surface area contributed by atoms with E-state index in [0.29, 0.717) is 6.07 Å². The Morgan fingerprint density at radius 3 is 2.43 bits per heavy atom. The monoisotopic (exact) mass is 445 g/mol. The van der Waals surface area contributed by atoms with Crippen LogP contribution in [-0.2, 0) is 25.8 Å². The van der Waals surface area contributed by atoms with Gasteiger partial charge in [0.05, 0.1) is 35.7 Å². The molecule has 30 heavy (non-hydrogen) atoms. The molecular formula is C18H18F3N3O5S. The lowest BCUT2D eigenvalue weighted by Gasteiger charge is -2.13. The molecule has 2 rings (SSSR count). The van der Waals surface area contributed by atoms with E-state index in [2.05, 4.69) is 5.32 Å². The molecule has 0 aliphatic carbocycles. The molecule has 0 saturated carbocycles. The number of nitrogens with two attached hydrogens (primary N) is 1. The molecule has 8 nitrogen and oxygen atoms in total. The minimum Gasteiger partial charge on any atom is -0.491 e. The van der Waals surface area contributed by atoms with Gasteiger partial charge in [0.25, 0.3) is 0 Å². The number of anilines is 1. The summed E-state index contributed by atoms with van der Waals surface area (Å²) in [4.78, 5) is 22.2. The standard InChI is InChI=1S/C18H18F3N3O5S/c19-18(20,21)12-4-3-5-13(10-12)30(27,28)23-11-17(26)24-14-6-1-2-7-15(14)29-9-8-16(22)25/h1-7,10,23H,8-9,11H2,(H2,22,25)(H,24,26). The van der Waals surface area contributed by atoms with Gasteiger partial charge in [-0.1, -0.05) is 18.2 Å². The van der Waals surface area contributed by atoms with Crippen LogP contribution < -0.4 is 20.5 Å². The third-order valence-corrected chi connectivity index (χ3v) is 5.06. The average molecular weight is 445 g/mol. The molecule has 0 radical (unpaired) electrons. The van der Waals surface area contributed by atoms with Crippen LogP contribution in [0.15, 0.2) is 53.4 Å². The van der Waals surface area contributed by atoms with Gasteiger partial charge < -0.3 is 15.8 Å². The van der Waals surface area contributed by atoms with Crippen LogP contribution in [-0.4, -0.2) is 33.4 Å². The molecule has 0 aliphatic heterocycles. The quantitative estimate of drug-likeness (QED) is 0.543.